The number of carbonyl (C=O) groups excluding carboxylic acids is 2. The molecule has 2 aliphatic rings. The van der Waals surface area contributed by atoms with Crippen molar-refractivity contribution in [2.75, 3.05) is 26.9 Å². The molecule has 2 heterocycles. The predicted molar refractivity (Wildman–Crippen MR) is 133 cm³/mol. The van der Waals surface area contributed by atoms with Gasteiger partial charge < -0.3 is 24.2 Å². The molecule has 0 spiro atoms. The maximum absolute atomic E-state index is 13.2. The van der Waals surface area contributed by atoms with Gasteiger partial charge >= 0.3 is 0 Å². The van der Waals surface area contributed by atoms with Gasteiger partial charge in [-0.15, -0.1) is 0 Å². The molecule has 0 unspecified atom stereocenters. The first-order chi connectivity index (χ1) is 16.9. The first kappa shape index (κ1) is 24.8. The van der Waals surface area contributed by atoms with E-state index in [0.717, 1.165) is 36.1 Å². The molecule has 1 fully saturated rings. The average Bonchev–Trinajstić information content (AvgIpc) is 3.35. The number of hydrogen-bond acceptors (Lipinski definition) is 6. The number of likely N-dealkylation sites (tertiary alicyclic amines) is 1. The van der Waals surface area contributed by atoms with Crippen LogP contribution in [0.1, 0.15) is 55.8 Å². The summed E-state index contributed by atoms with van der Waals surface area (Å²) >= 11 is 0. The molecule has 186 valence electrons. The number of ether oxygens (including phenoxy) is 3. The highest BCUT2D eigenvalue weighted by Gasteiger charge is 2.46. The zero-order chi connectivity index (χ0) is 24.9. The summed E-state index contributed by atoms with van der Waals surface area (Å²) in [5, 5.41) is 11.4. The van der Waals surface area contributed by atoms with E-state index < -0.39 is 17.7 Å². The molecule has 7 heteroatoms. The van der Waals surface area contributed by atoms with E-state index in [1.165, 1.54) is 4.90 Å². The van der Waals surface area contributed by atoms with Crippen molar-refractivity contribution in [2.45, 2.75) is 51.7 Å². The molecule has 0 bridgehead atoms. The van der Waals surface area contributed by atoms with Crippen molar-refractivity contribution >= 4 is 17.4 Å². The van der Waals surface area contributed by atoms with Crippen LogP contribution >= 0.6 is 0 Å². The standard InChI is InChI=1S/C28H33NO6/c1-4-5-14-34-22-9-6-8-19(17-22)25-24(27(31)28(32)29(25)12-7-13-33-3)26(30)20-10-11-23-21(16-20)15-18(2)35-23/h6,8-11,16-18,25,30H,4-5,7,12-15H2,1-3H3/t18-,25-/m0/s1. The summed E-state index contributed by atoms with van der Waals surface area (Å²) in [7, 11) is 1.60. The Balaban J connectivity index is 1.76. The topological polar surface area (TPSA) is 85.3 Å². The van der Waals surface area contributed by atoms with E-state index in [0.29, 0.717) is 37.5 Å². The number of ketones is 1. The van der Waals surface area contributed by atoms with E-state index >= 15 is 0 Å². The van der Waals surface area contributed by atoms with Crippen LogP contribution < -0.4 is 9.47 Å². The van der Waals surface area contributed by atoms with E-state index in [2.05, 4.69) is 6.92 Å². The Kier molecular flexibility index (Phi) is 7.76. The second-order valence-electron chi connectivity index (χ2n) is 9.07. The van der Waals surface area contributed by atoms with Gasteiger partial charge in [0, 0.05) is 32.2 Å². The van der Waals surface area contributed by atoms with Crippen LogP contribution in [0.15, 0.2) is 48.0 Å². The number of aliphatic hydroxyl groups excluding tert-OH is 1. The summed E-state index contributed by atoms with van der Waals surface area (Å²) in [6.45, 7) is 5.46. The fourth-order valence-corrected chi connectivity index (χ4v) is 4.67. The van der Waals surface area contributed by atoms with E-state index in [-0.39, 0.29) is 17.4 Å². The number of amides is 1. The van der Waals surface area contributed by atoms with Gasteiger partial charge in [0.25, 0.3) is 11.7 Å². The van der Waals surface area contributed by atoms with Crippen LogP contribution in [0.5, 0.6) is 11.5 Å². The number of unbranched alkanes of at least 4 members (excludes halogenated alkanes) is 1. The summed E-state index contributed by atoms with van der Waals surface area (Å²) in [4.78, 5) is 27.9. The number of methoxy groups -OCH3 is 1. The number of fused-ring (bicyclic) bond motifs is 1. The van der Waals surface area contributed by atoms with Crippen molar-refractivity contribution in [3.8, 4) is 11.5 Å². The van der Waals surface area contributed by atoms with Crippen LogP contribution in [0, 0.1) is 0 Å². The van der Waals surface area contributed by atoms with Gasteiger partial charge in [0.05, 0.1) is 18.2 Å². The van der Waals surface area contributed by atoms with Gasteiger partial charge in [-0.3, -0.25) is 9.59 Å². The Bertz CT molecular complexity index is 1120. The summed E-state index contributed by atoms with van der Waals surface area (Å²) in [5.41, 5.74) is 2.27. The molecular formula is C28H33NO6. The second-order valence-corrected chi connectivity index (χ2v) is 9.07. The summed E-state index contributed by atoms with van der Waals surface area (Å²) < 4.78 is 16.8. The minimum absolute atomic E-state index is 0.0595. The van der Waals surface area contributed by atoms with Gasteiger partial charge in [0.1, 0.15) is 23.4 Å². The molecule has 0 aromatic heterocycles. The van der Waals surface area contributed by atoms with Crippen LogP contribution in [0.3, 0.4) is 0 Å². The Hall–Kier alpha value is -3.32. The largest absolute Gasteiger partial charge is 0.507 e. The monoisotopic (exact) mass is 479 g/mol. The first-order valence-electron chi connectivity index (χ1n) is 12.2. The van der Waals surface area contributed by atoms with Crippen molar-refractivity contribution in [1.82, 2.24) is 4.90 Å². The van der Waals surface area contributed by atoms with Crippen LogP contribution in [-0.4, -0.2) is 54.7 Å². The lowest BCUT2D eigenvalue weighted by atomic mass is 9.94. The van der Waals surface area contributed by atoms with Crippen molar-refractivity contribution in [3.05, 3.63) is 64.7 Å². The average molecular weight is 480 g/mol. The minimum atomic E-state index is -0.718. The number of nitrogens with zero attached hydrogens (tertiary/aromatic N) is 1. The normalized spacial score (nSPS) is 20.7. The molecule has 0 aliphatic carbocycles. The Morgan fingerprint density at radius 3 is 2.74 bits per heavy atom. The van der Waals surface area contributed by atoms with E-state index in [1.54, 1.807) is 19.2 Å². The lowest BCUT2D eigenvalue weighted by Gasteiger charge is -2.25. The number of aliphatic hydroxyl groups is 1. The van der Waals surface area contributed by atoms with Crippen molar-refractivity contribution < 1.29 is 28.9 Å². The first-order valence-corrected chi connectivity index (χ1v) is 12.2. The lowest BCUT2D eigenvalue weighted by molar-refractivity contribution is -0.140. The molecule has 2 atom stereocenters. The fourth-order valence-electron chi connectivity index (χ4n) is 4.67. The SMILES string of the molecule is CCCCOc1cccc([C@H]2C(=C(O)c3ccc4c(c3)C[C@H](C)O4)C(=O)C(=O)N2CCCOC)c1. The Morgan fingerprint density at radius 1 is 1.14 bits per heavy atom. The summed E-state index contributed by atoms with van der Waals surface area (Å²) in [6, 6.07) is 12.1. The minimum Gasteiger partial charge on any atom is -0.507 e. The number of hydrogen-bond donors (Lipinski definition) is 1. The molecule has 0 saturated carbocycles. The van der Waals surface area contributed by atoms with Crippen molar-refractivity contribution in [1.29, 1.82) is 0 Å². The molecule has 2 aromatic carbocycles. The van der Waals surface area contributed by atoms with Gasteiger partial charge in [0.2, 0.25) is 0 Å². The van der Waals surface area contributed by atoms with Gasteiger partial charge in [-0.1, -0.05) is 25.5 Å². The van der Waals surface area contributed by atoms with Crippen LogP contribution in [0.4, 0.5) is 0 Å². The molecule has 2 aliphatic heterocycles. The number of carbonyl (C=O) groups is 2. The molecule has 4 rings (SSSR count). The Labute approximate surface area is 206 Å². The predicted octanol–water partition coefficient (Wildman–Crippen LogP) is 4.65. The Morgan fingerprint density at radius 2 is 1.97 bits per heavy atom. The molecule has 2 aromatic rings. The van der Waals surface area contributed by atoms with E-state index in [4.69, 9.17) is 14.2 Å². The smallest absolute Gasteiger partial charge is 0.295 e. The summed E-state index contributed by atoms with van der Waals surface area (Å²) in [5.74, 6) is -0.0395. The molecule has 35 heavy (non-hydrogen) atoms. The summed E-state index contributed by atoms with van der Waals surface area (Å²) in [6.07, 6.45) is 3.30. The number of benzene rings is 2. The van der Waals surface area contributed by atoms with E-state index in [1.807, 2.05) is 37.3 Å². The maximum Gasteiger partial charge on any atom is 0.295 e. The molecular weight excluding hydrogens is 446 g/mol. The fraction of sp³-hybridized carbons (Fsp3) is 0.429. The molecule has 1 saturated heterocycles. The highest BCUT2D eigenvalue weighted by atomic mass is 16.5. The lowest BCUT2D eigenvalue weighted by Crippen LogP contribution is -2.31. The third kappa shape index (κ3) is 5.20. The van der Waals surface area contributed by atoms with Gasteiger partial charge in [-0.05, 0) is 61.2 Å². The quantitative estimate of drug-likeness (QED) is 0.231. The zero-order valence-electron chi connectivity index (χ0n) is 20.6. The number of rotatable bonds is 10. The molecule has 0 radical (unpaired) electrons. The third-order valence-corrected chi connectivity index (χ3v) is 6.40. The van der Waals surface area contributed by atoms with E-state index in [9.17, 15) is 14.7 Å². The zero-order valence-corrected chi connectivity index (χ0v) is 20.6. The maximum atomic E-state index is 13.2. The molecule has 1 amide bonds. The highest BCUT2D eigenvalue weighted by molar-refractivity contribution is 6.46. The van der Waals surface area contributed by atoms with Crippen molar-refractivity contribution in [2.24, 2.45) is 0 Å². The van der Waals surface area contributed by atoms with Gasteiger partial charge in [-0.25, -0.2) is 0 Å². The van der Waals surface area contributed by atoms with Crippen LogP contribution in [0.25, 0.3) is 5.76 Å². The molecule has 1 N–H and O–H groups in total. The van der Waals surface area contributed by atoms with Gasteiger partial charge in [0.15, 0.2) is 0 Å². The van der Waals surface area contributed by atoms with Crippen LogP contribution in [0.2, 0.25) is 0 Å². The van der Waals surface area contributed by atoms with Crippen molar-refractivity contribution in [3.63, 3.8) is 0 Å². The van der Waals surface area contributed by atoms with Gasteiger partial charge in [-0.2, -0.15) is 0 Å². The second kappa shape index (κ2) is 11.0. The van der Waals surface area contributed by atoms with Crippen LogP contribution in [-0.2, 0) is 20.7 Å². The number of Topliss-reactive ketones (excluding diaryl/α,β-unsaturated/α-hetero) is 1. The molecule has 7 nitrogen and oxygen atoms in total. The highest BCUT2D eigenvalue weighted by Crippen LogP contribution is 2.41. The third-order valence-electron chi connectivity index (χ3n) is 6.40.